The van der Waals surface area contributed by atoms with Gasteiger partial charge in [-0.15, -0.1) is 0 Å². The van der Waals surface area contributed by atoms with Crippen LogP contribution in [0.4, 0.5) is 15.9 Å². The highest BCUT2D eigenvalue weighted by Crippen LogP contribution is 2.17. The molecular formula is C24H23FN4O2. The molecule has 0 radical (unpaired) electrons. The Hall–Kier alpha value is -3.74. The Morgan fingerprint density at radius 2 is 1.61 bits per heavy atom. The van der Waals surface area contributed by atoms with E-state index >= 15 is 0 Å². The SMILES string of the molecule is O=C(Cc1ccc(F)cc1)Nc1ccc(N2CCN(C(=O)c3ccccc3)CC2)nc1. The van der Waals surface area contributed by atoms with E-state index < -0.39 is 0 Å². The van der Waals surface area contributed by atoms with E-state index in [1.807, 2.05) is 47.4 Å². The van der Waals surface area contributed by atoms with E-state index in [0.29, 0.717) is 37.4 Å². The van der Waals surface area contributed by atoms with Gasteiger partial charge in [0.1, 0.15) is 11.6 Å². The maximum Gasteiger partial charge on any atom is 0.253 e. The molecule has 1 fully saturated rings. The van der Waals surface area contributed by atoms with Crippen molar-refractivity contribution in [1.29, 1.82) is 0 Å². The first kappa shape index (κ1) is 20.5. The van der Waals surface area contributed by atoms with Gasteiger partial charge in [0, 0.05) is 31.7 Å². The van der Waals surface area contributed by atoms with Crippen molar-refractivity contribution in [2.45, 2.75) is 6.42 Å². The number of nitrogens with zero attached hydrogens (tertiary/aromatic N) is 3. The number of piperazine rings is 1. The van der Waals surface area contributed by atoms with Crippen LogP contribution in [0.5, 0.6) is 0 Å². The van der Waals surface area contributed by atoms with Crippen LogP contribution in [0.15, 0.2) is 72.9 Å². The summed E-state index contributed by atoms with van der Waals surface area (Å²) >= 11 is 0. The smallest absolute Gasteiger partial charge is 0.253 e. The molecule has 1 saturated heterocycles. The average Bonchev–Trinajstić information content (AvgIpc) is 2.81. The molecule has 1 aliphatic rings. The van der Waals surface area contributed by atoms with Gasteiger partial charge < -0.3 is 15.1 Å². The lowest BCUT2D eigenvalue weighted by atomic mass is 10.1. The zero-order valence-electron chi connectivity index (χ0n) is 17.0. The Kier molecular flexibility index (Phi) is 6.21. The molecule has 0 saturated carbocycles. The van der Waals surface area contributed by atoms with Gasteiger partial charge in [-0.2, -0.15) is 0 Å². The van der Waals surface area contributed by atoms with Gasteiger partial charge >= 0.3 is 0 Å². The number of hydrogen-bond donors (Lipinski definition) is 1. The highest BCUT2D eigenvalue weighted by atomic mass is 19.1. The summed E-state index contributed by atoms with van der Waals surface area (Å²) in [5.74, 6) is 0.346. The molecule has 1 aliphatic heterocycles. The summed E-state index contributed by atoms with van der Waals surface area (Å²) in [5.41, 5.74) is 2.05. The third kappa shape index (κ3) is 5.25. The Labute approximate surface area is 180 Å². The molecule has 1 N–H and O–H groups in total. The largest absolute Gasteiger partial charge is 0.353 e. The number of carbonyl (C=O) groups is 2. The number of aromatic nitrogens is 1. The van der Waals surface area contributed by atoms with Crippen LogP contribution in [0, 0.1) is 5.82 Å². The highest BCUT2D eigenvalue weighted by Gasteiger charge is 2.22. The van der Waals surface area contributed by atoms with E-state index in [-0.39, 0.29) is 24.1 Å². The van der Waals surface area contributed by atoms with Gasteiger partial charge in [0.25, 0.3) is 5.91 Å². The van der Waals surface area contributed by atoms with Crippen molar-refractivity contribution in [3.8, 4) is 0 Å². The van der Waals surface area contributed by atoms with Crippen LogP contribution in [0.1, 0.15) is 15.9 Å². The predicted octanol–water partition coefficient (Wildman–Crippen LogP) is 3.36. The molecule has 0 spiro atoms. The molecule has 2 aromatic carbocycles. The molecule has 1 aromatic heterocycles. The molecule has 0 atom stereocenters. The van der Waals surface area contributed by atoms with E-state index in [1.165, 1.54) is 12.1 Å². The first-order valence-electron chi connectivity index (χ1n) is 10.2. The topological polar surface area (TPSA) is 65.5 Å². The van der Waals surface area contributed by atoms with Gasteiger partial charge in [0.15, 0.2) is 0 Å². The van der Waals surface area contributed by atoms with Crippen LogP contribution in [-0.2, 0) is 11.2 Å². The summed E-state index contributed by atoms with van der Waals surface area (Å²) in [5, 5.41) is 2.81. The molecule has 31 heavy (non-hydrogen) atoms. The van der Waals surface area contributed by atoms with Gasteiger partial charge in [0.05, 0.1) is 18.3 Å². The van der Waals surface area contributed by atoms with Gasteiger partial charge in [-0.1, -0.05) is 30.3 Å². The van der Waals surface area contributed by atoms with Crippen molar-refractivity contribution in [1.82, 2.24) is 9.88 Å². The minimum Gasteiger partial charge on any atom is -0.353 e. The Bertz CT molecular complexity index is 1030. The fourth-order valence-electron chi connectivity index (χ4n) is 3.54. The van der Waals surface area contributed by atoms with Crippen LogP contribution in [0.2, 0.25) is 0 Å². The fraction of sp³-hybridized carbons (Fsp3) is 0.208. The predicted molar refractivity (Wildman–Crippen MR) is 118 cm³/mol. The second-order valence-electron chi connectivity index (χ2n) is 7.40. The first-order valence-corrected chi connectivity index (χ1v) is 10.2. The number of benzene rings is 2. The molecule has 158 valence electrons. The Balaban J connectivity index is 1.29. The van der Waals surface area contributed by atoms with Gasteiger partial charge in [-0.3, -0.25) is 9.59 Å². The molecule has 7 heteroatoms. The number of amides is 2. The normalized spacial score (nSPS) is 13.7. The Morgan fingerprint density at radius 3 is 2.26 bits per heavy atom. The molecular weight excluding hydrogens is 395 g/mol. The third-order valence-corrected chi connectivity index (χ3v) is 5.22. The van der Waals surface area contributed by atoms with Gasteiger partial charge in [0.2, 0.25) is 5.91 Å². The van der Waals surface area contributed by atoms with Crippen molar-refractivity contribution in [3.05, 3.63) is 89.9 Å². The summed E-state index contributed by atoms with van der Waals surface area (Å²) in [6.07, 6.45) is 1.79. The number of rotatable bonds is 5. The molecule has 2 heterocycles. The minimum atomic E-state index is -0.325. The average molecular weight is 418 g/mol. The summed E-state index contributed by atoms with van der Waals surface area (Å²) in [7, 11) is 0. The second kappa shape index (κ2) is 9.38. The van der Waals surface area contributed by atoms with E-state index in [4.69, 9.17) is 0 Å². The van der Waals surface area contributed by atoms with Crippen LogP contribution in [-0.4, -0.2) is 47.9 Å². The second-order valence-corrected chi connectivity index (χ2v) is 7.40. The maximum atomic E-state index is 13.0. The van der Waals surface area contributed by atoms with Crippen LogP contribution in [0.25, 0.3) is 0 Å². The monoisotopic (exact) mass is 418 g/mol. The third-order valence-electron chi connectivity index (χ3n) is 5.22. The zero-order chi connectivity index (χ0) is 21.6. The fourth-order valence-corrected chi connectivity index (χ4v) is 3.54. The summed E-state index contributed by atoms with van der Waals surface area (Å²) in [6, 6.07) is 18.8. The summed E-state index contributed by atoms with van der Waals surface area (Å²) in [4.78, 5) is 33.2. The van der Waals surface area contributed by atoms with Crippen LogP contribution in [0.3, 0.4) is 0 Å². The molecule has 0 aliphatic carbocycles. The molecule has 2 amide bonds. The number of nitrogens with one attached hydrogen (secondary N) is 1. The number of halogens is 1. The van der Waals surface area contributed by atoms with Crippen LogP contribution < -0.4 is 10.2 Å². The molecule has 6 nitrogen and oxygen atoms in total. The number of pyridine rings is 1. The van der Waals surface area contributed by atoms with Gasteiger partial charge in [-0.05, 0) is 42.0 Å². The van der Waals surface area contributed by atoms with Crippen LogP contribution >= 0.6 is 0 Å². The molecule has 3 aromatic rings. The maximum absolute atomic E-state index is 13.0. The molecule has 4 rings (SSSR count). The number of hydrogen-bond acceptors (Lipinski definition) is 4. The van der Waals surface area contributed by atoms with Crippen molar-refractivity contribution >= 4 is 23.3 Å². The van der Waals surface area contributed by atoms with E-state index in [1.54, 1.807) is 18.3 Å². The Morgan fingerprint density at radius 1 is 0.903 bits per heavy atom. The lowest BCUT2D eigenvalue weighted by Gasteiger charge is -2.35. The number of anilines is 2. The quantitative estimate of drug-likeness (QED) is 0.690. The molecule has 0 bridgehead atoms. The summed E-state index contributed by atoms with van der Waals surface area (Å²) in [6.45, 7) is 2.65. The lowest BCUT2D eigenvalue weighted by Crippen LogP contribution is -2.49. The standard InChI is InChI=1S/C24H23FN4O2/c25-20-8-6-18(7-9-20)16-23(30)27-21-10-11-22(26-17-21)28-12-14-29(15-13-28)24(31)19-4-2-1-3-5-19/h1-11,17H,12-16H2,(H,27,30). The zero-order valence-corrected chi connectivity index (χ0v) is 17.0. The van der Waals surface area contributed by atoms with E-state index in [0.717, 1.165) is 11.4 Å². The highest BCUT2D eigenvalue weighted by molar-refractivity contribution is 5.94. The number of carbonyl (C=O) groups excluding carboxylic acids is 2. The summed E-state index contributed by atoms with van der Waals surface area (Å²) < 4.78 is 13.0. The van der Waals surface area contributed by atoms with Crippen molar-refractivity contribution in [3.63, 3.8) is 0 Å². The van der Waals surface area contributed by atoms with Gasteiger partial charge in [-0.25, -0.2) is 9.37 Å². The van der Waals surface area contributed by atoms with Crippen molar-refractivity contribution in [2.75, 3.05) is 36.4 Å². The minimum absolute atomic E-state index is 0.0485. The van der Waals surface area contributed by atoms with E-state index in [9.17, 15) is 14.0 Å². The van der Waals surface area contributed by atoms with Crippen molar-refractivity contribution < 1.29 is 14.0 Å². The van der Waals surface area contributed by atoms with E-state index in [2.05, 4.69) is 15.2 Å². The van der Waals surface area contributed by atoms with Crippen molar-refractivity contribution in [2.24, 2.45) is 0 Å². The lowest BCUT2D eigenvalue weighted by molar-refractivity contribution is -0.115. The molecule has 0 unspecified atom stereocenters. The first-order chi connectivity index (χ1) is 15.1.